The van der Waals surface area contributed by atoms with Gasteiger partial charge < -0.3 is 15.2 Å². The third-order valence-electron chi connectivity index (χ3n) is 3.43. The molecule has 0 saturated carbocycles. The Morgan fingerprint density at radius 3 is 3.00 bits per heavy atom. The molecule has 1 unspecified atom stereocenters. The Labute approximate surface area is 114 Å². The molecule has 1 saturated heterocycles. The molecule has 1 aromatic heterocycles. The van der Waals surface area contributed by atoms with Gasteiger partial charge in [-0.05, 0) is 39.5 Å². The minimum atomic E-state index is -0.0834. The summed E-state index contributed by atoms with van der Waals surface area (Å²) in [5.41, 5.74) is 0.0738. The number of piperidine rings is 1. The zero-order valence-electron chi connectivity index (χ0n) is 12.1. The SMILES string of the molecule is CC(C)(C)NCC1CCCN(c2cc(=O)[nH]cn2)C1. The van der Waals surface area contributed by atoms with Crippen molar-refractivity contribution in [3.63, 3.8) is 0 Å². The average Bonchev–Trinajstić information content (AvgIpc) is 2.36. The van der Waals surface area contributed by atoms with Crippen LogP contribution in [0.3, 0.4) is 0 Å². The van der Waals surface area contributed by atoms with Crippen LogP contribution in [0.15, 0.2) is 17.2 Å². The molecule has 2 N–H and O–H groups in total. The molecular formula is C14H24N4O. The van der Waals surface area contributed by atoms with Crippen LogP contribution in [-0.2, 0) is 0 Å². The van der Waals surface area contributed by atoms with Gasteiger partial charge in [-0.25, -0.2) is 4.98 Å². The summed E-state index contributed by atoms with van der Waals surface area (Å²) in [5.74, 6) is 1.42. The summed E-state index contributed by atoms with van der Waals surface area (Å²) in [7, 11) is 0. The van der Waals surface area contributed by atoms with Crippen molar-refractivity contribution in [1.82, 2.24) is 15.3 Å². The monoisotopic (exact) mass is 264 g/mol. The molecule has 106 valence electrons. The van der Waals surface area contributed by atoms with Crippen LogP contribution >= 0.6 is 0 Å². The number of H-pyrrole nitrogens is 1. The Morgan fingerprint density at radius 2 is 2.32 bits per heavy atom. The standard InChI is InChI=1S/C14H24N4O/c1-14(2,3)17-8-11-5-4-6-18(9-11)12-7-13(19)16-10-15-12/h7,10-11,17H,4-6,8-9H2,1-3H3,(H,15,16,19). The second-order valence-electron chi connectivity index (χ2n) is 6.35. The molecule has 0 spiro atoms. The third-order valence-corrected chi connectivity index (χ3v) is 3.43. The van der Waals surface area contributed by atoms with Gasteiger partial charge in [-0.15, -0.1) is 0 Å². The number of hydrogen-bond acceptors (Lipinski definition) is 4. The van der Waals surface area contributed by atoms with E-state index in [1.165, 1.54) is 12.7 Å². The normalized spacial score (nSPS) is 20.6. The van der Waals surface area contributed by atoms with Crippen molar-refractivity contribution in [2.24, 2.45) is 5.92 Å². The molecule has 5 heteroatoms. The molecule has 1 aliphatic heterocycles. The van der Waals surface area contributed by atoms with Crippen LogP contribution in [0.4, 0.5) is 5.82 Å². The molecule has 2 rings (SSSR count). The van der Waals surface area contributed by atoms with Crippen LogP contribution < -0.4 is 15.8 Å². The molecule has 0 bridgehead atoms. The number of anilines is 1. The lowest BCUT2D eigenvalue weighted by atomic mass is 9.96. The van der Waals surface area contributed by atoms with E-state index < -0.39 is 0 Å². The lowest BCUT2D eigenvalue weighted by Crippen LogP contribution is -2.45. The van der Waals surface area contributed by atoms with Gasteiger partial charge in [0.2, 0.25) is 0 Å². The summed E-state index contributed by atoms with van der Waals surface area (Å²) in [6, 6.07) is 1.58. The van der Waals surface area contributed by atoms with E-state index in [1.54, 1.807) is 6.07 Å². The summed E-state index contributed by atoms with van der Waals surface area (Å²) in [6.07, 6.45) is 3.88. The smallest absolute Gasteiger partial charge is 0.252 e. The van der Waals surface area contributed by atoms with Gasteiger partial charge in [0.25, 0.3) is 5.56 Å². The van der Waals surface area contributed by atoms with Crippen LogP contribution in [0.25, 0.3) is 0 Å². The highest BCUT2D eigenvalue weighted by Gasteiger charge is 2.22. The minimum Gasteiger partial charge on any atom is -0.356 e. The molecule has 19 heavy (non-hydrogen) atoms. The van der Waals surface area contributed by atoms with Crippen molar-refractivity contribution in [1.29, 1.82) is 0 Å². The highest BCUT2D eigenvalue weighted by molar-refractivity contribution is 5.36. The molecule has 0 aliphatic carbocycles. The Kier molecular flexibility index (Phi) is 4.24. The molecule has 2 heterocycles. The van der Waals surface area contributed by atoms with Crippen molar-refractivity contribution in [2.45, 2.75) is 39.2 Å². The van der Waals surface area contributed by atoms with Crippen LogP contribution in [-0.4, -0.2) is 35.1 Å². The van der Waals surface area contributed by atoms with Gasteiger partial charge in [0.05, 0.1) is 6.33 Å². The van der Waals surface area contributed by atoms with E-state index in [4.69, 9.17) is 0 Å². The minimum absolute atomic E-state index is 0.0834. The van der Waals surface area contributed by atoms with Gasteiger partial charge in [-0.3, -0.25) is 4.79 Å². The van der Waals surface area contributed by atoms with Crippen molar-refractivity contribution in [3.05, 3.63) is 22.7 Å². The maximum atomic E-state index is 11.3. The third kappa shape index (κ3) is 4.35. The fourth-order valence-corrected chi connectivity index (χ4v) is 2.42. The highest BCUT2D eigenvalue weighted by atomic mass is 16.1. The van der Waals surface area contributed by atoms with E-state index in [9.17, 15) is 4.79 Å². The first-order chi connectivity index (χ1) is 8.94. The van der Waals surface area contributed by atoms with Crippen molar-refractivity contribution < 1.29 is 0 Å². The maximum absolute atomic E-state index is 11.3. The van der Waals surface area contributed by atoms with Crippen LogP contribution in [0, 0.1) is 5.92 Å². The van der Waals surface area contributed by atoms with Crippen molar-refractivity contribution in [2.75, 3.05) is 24.5 Å². The van der Waals surface area contributed by atoms with E-state index in [1.807, 2.05) is 0 Å². The summed E-state index contributed by atoms with van der Waals surface area (Å²) < 4.78 is 0. The van der Waals surface area contributed by atoms with Gasteiger partial charge in [-0.1, -0.05) is 0 Å². The predicted molar refractivity (Wildman–Crippen MR) is 77.6 cm³/mol. The number of aromatic amines is 1. The summed E-state index contributed by atoms with van der Waals surface area (Å²) >= 11 is 0. The number of nitrogens with zero attached hydrogens (tertiary/aromatic N) is 2. The molecule has 1 atom stereocenters. The first-order valence-corrected chi connectivity index (χ1v) is 6.99. The quantitative estimate of drug-likeness (QED) is 0.865. The van der Waals surface area contributed by atoms with Crippen LogP contribution in [0.5, 0.6) is 0 Å². The topological polar surface area (TPSA) is 61.0 Å². The summed E-state index contributed by atoms with van der Waals surface area (Å²) in [5, 5.41) is 3.56. The number of hydrogen-bond donors (Lipinski definition) is 2. The zero-order chi connectivity index (χ0) is 13.9. The Bertz CT molecular complexity index is 463. The second kappa shape index (κ2) is 5.74. The first-order valence-electron chi connectivity index (χ1n) is 6.99. The van der Waals surface area contributed by atoms with E-state index in [0.29, 0.717) is 5.92 Å². The maximum Gasteiger partial charge on any atom is 0.252 e. The first kappa shape index (κ1) is 14.1. The van der Waals surface area contributed by atoms with E-state index in [-0.39, 0.29) is 11.1 Å². The summed E-state index contributed by atoms with van der Waals surface area (Å²) in [6.45, 7) is 9.54. The van der Waals surface area contributed by atoms with Gasteiger partial charge >= 0.3 is 0 Å². The van der Waals surface area contributed by atoms with Gasteiger partial charge in [0, 0.05) is 31.2 Å². The number of rotatable bonds is 3. The predicted octanol–water partition coefficient (Wildman–Crippen LogP) is 1.37. The number of aromatic nitrogens is 2. The van der Waals surface area contributed by atoms with Crippen LogP contribution in [0.1, 0.15) is 33.6 Å². The molecule has 0 radical (unpaired) electrons. The molecular weight excluding hydrogens is 240 g/mol. The molecule has 0 aromatic carbocycles. The lowest BCUT2D eigenvalue weighted by molar-refractivity contribution is 0.335. The molecule has 1 fully saturated rings. The zero-order valence-corrected chi connectivity index (χ0v) is 12.1. The average molecular weight is 264 g/mol. The van der Waals surface area contributed by atoms with E-state index in [0.717, 1.165) is 31.9 Å². The van der Waals surface area contributed by atoms with E-state index in [2.05, 4.69) is 41.0 Å². The molecule has 1 aromatic rings. The Balaban J connectivity index is 1.95. The van der Waals surface area contributed by atoms with Crippen molar-refractivity contribution in [3.8, 4) is 0 Å². The molecule has 0 amide bonds. The van der Waals surface area contributed by atoms with Gasteiger partial charge in [0.15, 0.2) is 0 Å². The van der Waals surface area contributed by atoms with Gasteiger partial charge in [0.1, 0.15) is 5.82 Å². The number of nitrogens with one attached hydrogen (secondary N) is 2. The second-order valence-corrected chi connectivity index (χ2v) is 6.35. The molecule has 5 nitrogen and oxygen atoms in total. The van der Waals surface area contributed by atoms with Gasteiger partial charge in [-0.2, -0.15) is 0 Å². The lowest BCUT2D eigenvalue weighted by Gasteiger charge is -2.35. The summed E-state index contributed by atoms with van der Waals surface area (Å²) in [4.78, 5) is 20.4. The molecule has 1 aliphatic rings. The fraction of sp³-hybridized carbons (Fsp3) is 0.714. The Morgan fingerprint density at radius 1 is 1.53 bits per heavy atom. The largest absolute Gasteiger partial charge is 0.356 e. The van der Waals surface area contributed by atoms with Crippen molar-refractivity contribution >= 4 is 5.82 Å². The van der Waals surface area contributed by atoms with Crippen LogP contribution in [0.2, 0.25) is 0 Å². The van der Waals surface area contributed by atoms with E-state index >= 15 is 0 Å². The Hall–Kier alpha value is -1.36. The fourth-order valence-electron chi connectivity index (χ4n) is 2.42. The highest BCUT2D eigenvalue weighted by Crippen LogP contribution is 2.20.